The summed E-state index contributed by atoms with van der Waals surface area (Å²) in [5.74, 6) is -1.21. The first-order valence-electron chi connectivity index (χ1n) is 13.7. The van der Waals surface area contributed by atoms with E-state index < -0.39 is 18.0 Å². The average Bonchev–Trinajstić information content (AvgIpc) is 2.97. The lowest BCUT2D eigenvalue weighted by molar-refractivity contribution is -0.138. The van der Waals surface area contributed by atoms with Gasteiger partial charge in [0.05, 0.1) is 12.7 Å². The summed E-state index contributed by atoms with van der Waals surface area (Å²) < 4.78 is 4.86. The van der Waals surface area contributed by atoms with Crippen molar-refractivity contribution < 1.29 is 34.1 Å². The van der Waals surface area contributed by atoms with Crippen molar-refractivity contribution in [3.05, 3.63) is 59.7 Å². The number of amides is 1. The standard InChI is InChI=1S/C11H13NO2.C8H8O3.C6H13N.C5H12N2O2/c1-2-3-11(14)12-10-6-4-9(8-13)5-7-10;1-11-7-4-2-6(3-5-7)8(9)10;7-6-4-2-1-3-5-6;6-3-1-2-4(7)5(8)9/h4-8H,2-3H2,1H3,(H,12,14);2-5H,1H3,(H,9,10);6H,1-5,7H2;4H,1-3,6-7H2,(H,8,9). The lowest BCUT2D eigenvalue weighted by Crippen LogP contribution is -2.30. The van der Waals surface area contributed by atoms with Gasteiger partial charge in [-0.25, -0.2) is 4.79 Å². The normalized spacial score (nSPS) is 12.9. The minimum Gasteiger partial charge on any atom is -0.497 e. The molecule has 0 bridgehead atoms. The Bertz CT molecular complexity index is 1010. The van der Waals surface area contributed by atoms with Gasteiger partial charge in [-0.3, -0.25) is 14.4 Å². The number of ether oxygens (including phenoxy) is 1. The van der Waals surface area contributed by atoms with E-state index in [1.165, 1.54) is 51.3 Å². The van der Waals surface area contributed by atoms with Gasteiger partial charge in [-0.05, 0) is 87.2 Å². The van der Waals surface area contributed by atoms with Crippen LogP contribution in [0.4, 0.5) is 5.69 Å². The number of hydrogen-bond acceptors (Lipinski definition) is 8. The number of hydrogen-bond donors (Lipinski definition) is 6. The fourth-order valence-corrected chi connectivity index (χ4v) is 3.42. The third-order valence-electron chi connectivity index (χ3n) is 5.83. The van der Waals surface area contributed by atoms with Crippen LogP contribution in [0.15, 0.2) is 48.5 Å². The van der Waals surface area contributed by atoms with Crippen LogP contribution in [0.2, 0.25) is 0 Å². The van der Waals surface area contributed by atoms with Gasteiger partial charge in [0, 0.05) is 23.7 Å². The minimum atomic E-state index is -0.955. The van der Waals surface area contributed by atoms with Crippen molar-refractivity contribution >= 4 is 29.8 Å². The summed E-state index contributed by atoms with van der Waals surface area (Å²) in [5.41, 5.74) is 17.5. The Labute approximate surface area is 242 Å². The van der Waals surface area contributed by atoms with Gasteiger partial charge in [0.2, 0.25) is 5.91 Å². The molecule has 1 saturated carbocycles. The quantitative estimate of drug-likeness (QED) is 0.224. The maximum absolute atomic E-state index is 11.2. The van der Waals surface area contributed by atoms with Gasteiger partial charge in [0.25, 0.3) is 0 Å². The van der Waals surface area contributed by atoms with Gasteiger partial charge in [-0.1, -0.05) is 26.2 Å². The van der Waals surface area contributed by atoms with Crippen LogP contribution < -0.4 is 27.3 Å². The number of aldehydes is 1. The van der Waals surface area contributed by atoms with Crippen LogP contribution in [0, 0.1) is 0 Å². The van der Waals surface area contributed by atoms with E-state index in [2.05, 4.69) is 5.32 Å². The number of nitrogens with one attached hydrogen (secondary N) is 1. The third-order valence-corrected chi connectivity index (χ3v) is 5.83. The number of aliphatic carboxylic acids is 1. The molecular formula is C30H46N4O7. The van der Waals surface area contributed by atoms with Crippen LogP contribution in [0.25, 0.3) is 0 Å². The maximum Gasteiger partial charge on any atom is 0.335 e. The maximum atomic E-state index is 11.2. The molecule has 1 atom stereocenters. The second kappa shape index (κ2) is 23.0. The van der Waals surface area contributed by atoms with Crippen LogP contribution in [0.1, 0.15) is 85.4 Å². The van der Waals surface area contributed by atoms with Crippen LogP contribution in [0.5, 0.6) is 5.75 Å². The van der Waals surface area contributed by atoms with E-state index in [9.17, 15) is 19.2 Å². The first-order valence-corrected chi connectivity index (χ1v) is 13.7. The number of rotatable bonds is 10. The highest BCUT2D eigenvalue weighted by Crippen LogP contribution is 2.15. The molecule has 9 N–H and O–H groups in total. The highest BCUT2D eigenvalue weighted by molar-refractivity contribution is 5.91. The zero-order valence-corrected chi connectivity index (χ0v) is 24.1. The van der Waals surface area contributed by atoms with Crippen molar-refractivity contribution in [2.45, 2.75) is 76.8 Å². The Hall–Kier alpha value is -3.80. The van der Waals surface area contributed by atoms with Crippen LogP contribution in [-0.2, 0) is 9.59 Å². The minimum absolute atomic E-state index is 0.00588. The Morgan fingerprint density at radius 3 is 2.00 bits per heavy atom. The van der Waals surface area contributed by atoms with E-state index in [0.717, 1.165) is 18.4 Å². The second-order valence-electron chi connectivity index (χ2n) is 9.35. The van der Waals surface area contributed by atoms with Crippen molar-refractivity contribution in [1.82, 2.24) is 0 Å². The fraction of sp³-hybridized carbons (Fsp3) is 0.467. The fourth-order valence-electron chi connectivity index (χ4n) is 3.42. The molecule has 0 spiro atoms. The number of carbonyl (C=O) groups is 4. The molecule has 0 radical (unpaired) electrons. The lowest BCUT2D eigenvalue weighted by atomic mass is 9.97. The summed E-state index contributed by atoms with van der Waals surface area (Å²) in [4.78, 5) is 41.9. The molecule has 3 rings (SSSR count). The molecular weight excluding hydrogens is 528 g/mol. The van der Waals surface area contributed by atoms with Crippen molar-refractivity contribution in [2.24, 2.45) is 17.2 Å². The summed E-state index contributed by atoms with van der Waals surface area (Å²) in [5, 5.41) is 19.5. The predicted octanol–water partition coefficient (Wildman–Crippen LogP) is 4.05. The second-order valence-corrected chi connectivity index (χ2v) is 9.35. The Balaban J connectivity index is 0.000000536. The Morgan fingerprint density at radius 1 is 1.02 bits per heavy atom. The topological polar surface area (TPSA) is 208 Å². The number of carbonyl (C=O) groups excluding carboxylic acids is 2. The molecule has 11 heteroatoms. The molecule has 228 valence electrons. The van der Waals surface area contributed by atoms with Crippen LogP contribution >= 0.6 is 0 Å². The molecule has 2 aromatic rings. The highest BCUT2D eigenvalue weighted by atomic mass is 16.5. The SMILES string of the molecule is CCCC(=O)Nc1ccc(C=O)cc1.COc1ccc(C(=O)O)cc1.NC1CCCCC1.NCCCC(N)C(=O)O. The van der Waals surface area contributed by atoms with Crippen molar-refractivity contribution in [2.75, 3.05) is 19.0 Å². The molecule has 1 fully saturated rings. The molecule has 0 saturated heterocycles. The van der Waals surface area contributed by atoms with E-state index in [-0.39, 0.29) is 11.5 Å². The zero-order valence-electron chi connectivity index (χ0n) is 24.1. The van der Waals surface area contributed by atoms with Gasteiger partial charge >= 0.3 is 11.9 Å². The van der Waals surface area contributed by atoms with Crippen molar-refractivity contribution in [1.29, 1.82) is 0 Å². The van der Waals surface area contributed by atoms with E-state index in [4.69, 9.17) is 32.2 Å². The summed E-state index contributed by atoms with van der Waals surface area (Å²) in [7, 11) is 1.54. The molecule has 11 nitrogen and oxygen atoms in total. The summed E-state index contributed by atoms with van der Waals surface area (Å²) >= 11 is 0. The summed E-state index contributed by atoms with van der Waals surface area (Å²) in [6.07, 6.45) is 9.93. The molecule has 2 aromatic carbocycles. The number of carboxylic acids is 2. The van der Waals surface area contributed by atoms with Gasteiger partial charge in [-0.15, -0.1) is 0 Å². The molecule has 1 amide bonds. The summed E-state index contributed by atoms with van der Waals surface area (Å²) in [6.45, 7) is 2.45. The predicted molar refractivity (Wildman–Crippen MR) is 160 cm³/mol. The molecule has 1 unspecified atom stereocenters. The third kappa shape index (κ3) is 19.0. The van der Waals surface area contributed by atoms with Gasteiger partial charge in [0.15, 0.2) is 0 Å². The number of nitrogens with two attached hydrogens (primary N) is 3. The number of carboxylic acid groups (broad SMARTS) is 2. The molecule has 0 aliphatic heterocycles. The van der Waals surface area contributed by atoms with Crippen molar-refractivity contribution in [3.63, 3.8) is 0 Å². The van der Waals surface area contributed by atoms with E-state index >= 15 is 0 Å². The monoisotopic (exact) mass is 574 g/mol. The lowest BCUT2D eigenvalue weighted by Gasteiger charge is -2.15. The number of aromatic carboxylic acids is 1. The van der Waals surface area contributed by atoms with Gasteiger partial charge in [0.1, 0.15) is 18.1 Å². The molecule has 41 heavy (non-hydrogen) atoms. The first-order chi connectivity index (χ1) is 19.6. The Morgan fingerprint density at radius 2 is 1.61 bits per heavy atom. The highest BCUT2D eigenvalue weighted by Gasteiger charge is 2.09. The largest absolute Gasteiger partial charge is 0.497 e. The first kappa shape index (κ1) is 37.2. The molecule has 0 aromatic heterocycles. The van der Waals surface area contributed by atoms with Crippen molar-refractivity contribution in [3.8, 4) is 5.75 Å². The number of anilines is 1. The molecule has 1 aliphatic carbocycles. The number of methoxy groups -OCH3 is 1. The number of benzene rings is 2. The molecule has 0 heterocycles. The van der Waals surface area contributed by atoms with Crippen LogP contribution in [0.3, 0.4) is 0 Å². The summed E-state index contributed by atoms with van der Waals surface area (Å²) in [6, 6.07) is 12.8. The Kier molecular flexibility index (Phi) is 20.8. The van der Waals surface area contributed by atoms with Gasteiger partial charge < -0.3 is 37.5 Å². The smallest absolute Gasteiger partial charge is 0.335 e. The van der Waals surface area contributed by atoms with Gasteiger partial charge in [-0.2, -0.15) is 0 Å². The van der Waals surface area contributed by atoms with E-state index in [1.54, 1.807) is 36.4 Å². The van der Waals surface area contributed by atoms with Crippen LogP contribution in [-0.4, -0.2) is 60.1 Å². The van der Waals surface area contributed by atoms with E-state index in [1.807, 2.05) is 6.92 Å². The zero-order chi connectivity index (χ0) is 31.0. The average molecular weight is 575 g/mol. The van der Waals surface area contributed by atoms with E-state index in [0.29, 0.717) is 43.2 Å². The molecule has 1 aliphatic rings.